The van der Waals surface area contributed by atoms with Gasteiger partial charge in [0.25, 0.3) is 0 Å². The lowest BCUT2D eigenvalue weighted by atomic mass is 10.5. The summed E-state index contributed by atoms with van der Waals surface area (Å²) in [5.41, 5.74) is 2.08. The molecule has 0 atom stereocenters. The molecule has 0 aliphatic heterocycles. The lowest BCUT2D eigenvalue weighted by Gasteiger charge is -2.44. The summed E-state index contributed by atoms with van der Waals surface area (Å²) in [7, 11) is -1.61. The van der Waals surface area contributed by atoms with E-state index in [1.54, 1.807) is 0 Å². The van der Waals surface area contributed by atoms with Crippen LogP contribution in [0.1, 0.15) is 41.5 Å². The Morgan fingerprint density at radius 2 is 1.41 bits per heavy atom. The minimum absolute atomic E-state index is 0.692. The highest BCUT2D eigenvalue weighted by molar-refractivity contribution is 9.10. The van der Waals surface area contributed by atoms with Gasteiger partial charge in [0.1, 0.15) is 0 Å². The van der Waals surface area contributed by atoms with Gasteiger partial charge >= 0.3 is 0 Å². The van der Waals surface area contributed by atoms with Crippen LogP contribution in [0.3, 0.4) is 0 Å². The third-order valence-electron chi connectivity index (χ3n) is 3.95. The van der Waals surface area contributed by atoms with Crippen molar-refractivity contribution in [3.8, 4) is 0 Å². The molecule has 1 rings (SSSR count). The van der Waals surface area contributed by atoms with Gasteiger partial charge in [-0.1, -0.05) is 53.1 Å². The predicted molar refractivity (Wildman–Crippen MR) is 83.6 cm³/mol. The Kier molecular flexibility index (Phi) is 4.95. The molecule has 1 aromatic heterocycles. The number of hydrogen-bond donors (Lipinski definition) is 0. The molecule has 1 aromatic rings. The van der Waals surface area contributed by atoms with Gasteiger partial charge in [0.2, 0.25) is 0 Å². The highest BCUT2D eigenvalue weighted by atomic mass is 79.9. The van der Waals surface area contributed by atoms with Crippen molar-refractivity contribution in [1.82, 2.24) is 4.23 Å². The van der Waals surface area contributed by atoms with Gasteiger partial charge in [0.15, 0.2) is 8.24 Å². The number of aromatic nitrogens is 1. The van der Waals surface area contributed by atoms with Gasteiger partial charge < -0.3 is 4.23 Å². The second-order valence-electron chi connectivity index (χ2n) is 5.71. The Hall–Kier alpha value is 0.267. The van der Waals surface area contributed by atoms with Crippen molar-refractivity contribution in [2.45, 2.75) is 58.2 Å². The first-order valence-corrected chi connectivity index (χ1v) is 9.63. The minimum atomic E-state index is -1.61. The fraction of sp³-hybridized carbons (Fsp3) is 0.692. The van der Waals surface area contributed by atoms with Gasteiger partial charge in [-0.15, -0.1) is 0 Å². The van der Waals surface area contributed by atoms with Crippen molar-refractivity contribution in [3.05, 3.63) is 21.9 Å². The summed E-state index contributed by atoms with van der Waals surface area (Å²) in [5, 5.41) is 0.823. The van der Waals surface area contributed by atoms with Crippen LogP contribution in [0.15, 0.2) is 16.9 Å². The Morgan fingerprint density at radius 3 is 1.65 bits per heavy atom. The summed E-state index contributed by atoms with van der Waals surface area (Å²) in [4.78, 5) is 0. The topological polar surface area (TPSA) is 4.93 Å². The molecular weight excluding hydrogens is 314 g/mol. The summed E-state index contributed by atoms with van der Waals surface area (Å²) in [6.07, 6.45) is 4.28. The van der Waals surface area contributed by atoms with E-state index in [1.165, 1.54) is 0 Å². The van der Waals surface area contributed by atoms with Crippen LogP contribution >= 0.6 is 27.5 Å². The molecule has 0 unspecified atom stereocenters. The molecule has 0 N–H and O–H groups in total. The van der Waals surface area contributed by atoms with Crippen molar-refractivity contribution < 1.29 is 0 Å². The molecule has 98 valence electrons. The van der Waals surface area contributed by atoms with Crippen LogP contribution < -0.4 is 0 Å². The van der Waals surface area contributed by atoms with E-state index in [-0.39, 0.29) is 0 Å². The number of rotatable bonds is 4. The van der Waals surface area contributed by atoms with Gasteiger partial charge in [-0.2, -0.15) is 0 Å². The average Bonchev–Trinajstić information content (AvgIpc) is 2.45. The zero-order chi connectivity index (χ0) is 13.4. The van der Waals surface area contributed by atoms with Gasteiger partial charge in [0.05, 0.1) is 9.50 Å². The molecule has 17 heavy (non-hydrogen) atoms. The first kappa shape index (κ1) is 15.3. The van der Waals surface area contributed by atoms with Crippen LogP contribution in [0.25, 0.3) is 0 Å². The van der Waals surface area contributed by atoms with E-state index in [2.05, 4.69) is 74.1 Å². The summed E-state index contributed by atoms with van der Waals surface area (Å²) in [6, 6.07) is 0. The zero-order valence-corrected chi connectivity index (χ0v) is 14.9. The molecular formula is C13H23BrClNSi. The summed E-state index contributed by atoms with van der Waals surface area (Å²) in [5.74, 6) is 0. The largest absolute Gasteiger partial charge is 0.377 e. The van der Waals surface area contributed by atoms with Crippen LogP contribution in [0.4, 0.5) is 0 Å². The van der Waals surface area contributed by atoms with Crippen molar-refractivity contribution in [3.63, 3.8) is 0 Å². The van der Waals surface area contributed by atoms with Gasteiger partial charge in [-0.25, -0.2) is 0 Å². The summed E-state index contributed by atoms with van der Waals surface area (Å²) < 4.78 is 3.46. The van der Waals surface area contributed by atoms with E-state index in [0.29, 0.717) is 16.6 Å². The van der Waals surface area contributed by atoms with Crippen molar-refractivity contribution in [2.75, 3.05) is 0 Å². The lowest BCUT2D eigenvalue weighted by molar-refractivity contribution is 0.765. The second kappa shape index (κ2) is 5.50. The molecule has 0 saturated carbocycles. The molecule has 1 heterocycles. The summed E-state index contributed by atoms with van der Waals surface area (Å²) in [6.45, 7) is 14.1. The van der Waals surface area contributed by atoms with E-state index in [9.17, 15) is 0 Å². The quantitative estimate of drug-likeness (QED) is 0.601. The Bertz CT molecular complexity index is 343. The Labute approximate surface area is 120 Å². The third-order valence-corrected chi connectivity index (χ3v) is 11.8. The predicted octanol–water partition coefficient (Wildman–Crippen LogP) is 5.93. The molecule has 0 spiro atoms. The first-order chi connectivity index (χ1) is 7.74. The molecule has 0 amide bonds. The molecule has 0 aromatic carbocycles. The maximum atomic E-state index is 6.20. The van der Waals surface area contributed by atoms with E-state index in [4.69, 9.17) is 11.6 Å². The molecule has 0 aliphatic rings. The first-order valence-electron chi connectivity index (χ1n) is 6.28. The second-order valence-corrected chi connectivity index (χ2v) is 12.7. The van der Waals surface area contributed by atoms with Crippen LogP contribution in [-0.2, 0) is 0 Å². The van der Waals surface area contributed by atoms with Gasteiger partial charge in [-0.05, 0) is 32.6 Å². The number of hydrogen-bond acceptors (Lipinski definition) is 0. The van der Waals surface area contributed by atoms with Gasteiger partial charge in [-0.3, -0.25) is 0 Å². The van der Waals surface area contributed by atoms with Crippen LogP contribution in [0.5, 0.6) is 0 Å². The van der Waals surface area contributed by atoms with Crippen LogP contribution in [-0.4, -0.2) is 12.5 Å². The van der Waals surface area contributed by atoms with Crippen LogP contribution in [0.2, 0.25) is 21.6 Å². The fourth-order valence-corrected chi connectivity index (χ4v) is 10.8. The smallest absolute Gasteiger partial charge is 0.168 e. The summed E-state index contributed by atoms with van der Waals surface area (Å²) >= 11 is 9.73. The van der Waals surface area contributed by atoms with Crippen LogP contribution in [0, 0.1) is 0 Å². The SMILES string of the molecule is CC(C)[Si](C(C)C)(C(C)C)n1cc(Cl)c(Br)c1. The normalized spacial score (nSPS) is 13.1. The van der Waals surface area contributed by atoms with Crippen molar-refractivity contribution in [1.29, 1.82) is 0 Å². The maximum Gasteiger partial charge on any atom is 0.168 e. The van der Waals surface area contributed by atoms with E-state index in [1.807, 2.05) is 0 Å². The average molecular weight is 337 g/mol. The molecule has 1 nitrogen and oxygen atoms in total. The molecule has 0 aliphatic carbocycles. The highest BCUT2D eigenvalue weighted by Crippen LogP contribution is 2.43. The fourth-order valence-electron chi connectivity index (χ4n) is 3.52. The van der Waals surface area contributed by atoms with Crippen molar-refractivity contribution >= 4 is 35.8 Å². The van der Waals surface area contributed by atoms with E-state index < -0.39 is 8.24 Å². The zero-order valence-electron chi connectivity index (χ0n) is 11.6. The third kappa shape index (κ3) is 2.52. The monoisotopic (exact) mass is 335 g/mol. The number of nitrogens with zero attached hydrogens (tertiary/aromatic N) is 1. The molecule has 4 heteroatoms. The molecule has 0 fully saturated rings. The Balaban J connectivity index is 3.41. The molecule has 0 saturated heterocycles. The molecule has 0 bridgehead atoms. The number of halogens is 2. The minimum Gasteiger partial charge on any atom is -0.377 e. The molecule has 0 radical (unpaired) electrons. The van der Waals surface area contributed by atoms with E-state index in [0.717, 1.165) is 9.50 Å². The maximum absolute atomic E-state index is 6.20. The van der Waals surface area contributed by atoms with Crippen molar-refractivity contribution in [2.24, 2.45) is 0 Å². The van der Waals surface area contributed by atoms with E-state index >= 15 is 0 Å². The lowest BCUT2D eigenvalue weighted by Crippen LogP contribution is -2.51. The highest BCUT2D eigenvalue weighted by Gasteiger charge is 2.45. The van der Waals surface area contributed by atoms with Gasteiger partial charge in [0, 0.05) is 12.4 Å². The standard InChI is InChI=1S/C13H23BrClNSi/c1-9(2)17(10(3)4,11(5)6)16-7-12(14)13(15)8-16/h7-11H,1-6H3. The Morgan fingerprint density at radius 1 is 1.00 bits per heavy atom.